The van der Waals surface area contributed by atoms with Gasteiger partial charge in [-0.1, -0.05) is 29.8 Å². The van der Waals surface area contributed by atoms with Crippen molar-refractivity contribution < 1.29 is 9.69 Å². The summed E-state index contributed by atoms with van der Waals surface area (Å²) in [5.41, 5.74) is 2.48. The molecule has 2 aliphatic rings. The van der Waals surface area contributed by atoms with E-state index in [1.54, 1.807) is 4.90 Å². The van der Waals surface area contributed by atoms with Gasteiger partial charge in [-0.05, 0) is 25.3 Å². The maximum atomic E-state index is 12.7. The molecule has 0 saturated carbocycles. The number of likely N-dealkylation sites (tertiary alicyclic amines) is 1. The Hall–Kier alpha value is -1.99. The molecule has 4 rings (SSSR count). The van der Waals surface area contributed by atoms with Crippen LogP contribution in [-0.4, -0.2) is 54.0 Å². The Morgan fingerprint density at radius 3 is 2.82 bits per heavy atom. The van der Waals surface area contributed by atoms with Crippen LogP contribution in [0, 0.1) is 6.92 Å². The Kier molecular flexibility index (Phi) is 6.22. The predicted octanol–water partition coefficient (Wildman–Crippen LogP) is 1.20. The standard InChI is InChI=1S/C21H29N5OS/c1-16-6-8-17(9-7-16)15-19-23-21(28-24-19)26-13-4-5-18(26)20(27)22-10-14-25-11-2-3-12-25/h6-9,18H,2-5,10-15H2,1H3,(H,22,27)/p+1/t18-/m0/s1. The number of quaternary nitrogens is 1. The molecule has 1 amide bonds. The van der Waals surface area contributed by atoms with E-state index in [0.717, 1.165) is 49.9 Å². The molecule has 1 aromatic heterocycles. The molecular weight excluding hydrogens is 370 g/mol. The number of aryl methyl sites for hydroxylation is 1. The molecule has 0 unspecified atom stereocenters. The van der Waals surface area contributed by atoms with Gasteiger partial charge < -0.3 is 15.1 Å². The number of anilines is 1. The molecule has 2 saturated heterocycles. The first kappa shape index (κ1) is 19.3. The highest BCUT2D eigenvalue weighted by atomic mass is 32.1. The second-order valence-electron chi connectivity index (χ2n) is 8.01. The molecule has 2 fully saturated rings. The molecule has 0 bridgehead atoms. The van der Waals surface area contributed by atoms with Crippen molar-refractivity contribution in [2.45, 2.75) is 45.1 Å². The Morgan fingerprint density at radius 2 is 2.04 bits per heavy atom. The molecule has 150 valence electrons. The smallest absolute Gasteiger partial charge is 0.242 e. The van der Waals surface area contributed by atoms with Gasteiger partial charge in [0.15, 0.2) is 0 Å². The summed E-state index contributed by atoms with van der Waals surface area (Å²) in [6, 6.07) is 8.39. The number of nitrogens with zero attached hydrogens (tertiary/aromatic N) is 3. The van der Waals surface area contributed by atoms with Gasteiger partial charge in [-0.2, -0.15) is 4.37 Å². The van der Waals surface area contributed by atoms with E-state index in [0.29, 0.717) is 0 Å². The van der Waals surface area contributed by atoms with Crippen LogP contribution in [0.4, 0.5) is 5.13 Å². The van der Waals surface area contributed by atoms with Crippen molar-refractivity contribution in [3.8, 4) is 0 Å². The number of amides is 1. The molecule has 2 N–H and O–H groups in total. The minimum atomic E-state index is -0.103. The molecule has 0 spiro atoms. The van der Waals surface area contributed by atoms with E-state index < -0.39 is 0 Å². The van der Waals surface area contributed by atoms with Crippen LogP contribution >= 0.6 is 11.5 Å². The maximum absolute atomic E-state index is 12.7. The van der Waals surface area contributed by atoms with Crippen LogP contribution in [0.2, 0.25) is 0 Å². The van der Waals surface area contributed by atoms with Gasteiger partial charge in [-0.15, -0.1) is 0 Å². The van der Waals surface area contributed by atoms with Gasteiger partial charge in [0.05, 0.1) is 26.2 Å². The monoisotopic (exact) mass is 400 g/mol. The molecule has 3 heterocycles. The van der Waals surface area contributed by atoms with Crippen molar-refractivity contribution in [1.82, 2.24) is 14.7 Å². The van der Waals surface area contributed by atoms with Crippen LogP contribution in [0.5, 0.6) is 0 Å². The van der Waals surface area contributed by atoms with E-state index in [4.69, 9.17) is 4.98 Å². The van der Waals surface area contributed by atoms with Crippen LogP contribution in [0.3, 0.4) is 0 Å². The highest BCUT2D eigenvalue weighted by Crippen LogP contribution is 2.27. The van der Waals surface area contributed by atoms with Gasteiger partial charge in [0, 0.05) is 37.3 Å². The first-order valence-electron chi connectivity index (χ1n) is 10.4. The Labute approximate surface area is 171 Å². The quantitative estimate of drug-likeness (QED) is 0.733. The lowest BCUT2D eigenvalue weighted by Crippen LogP contribution is -3.10. The fraction of sp³-hybridized carbons (Fsp3) is 0.571. The van der Waals surface area contributed by atoms with Gasteiger partial charge in [0.25, 0.3) is 0 Å². The minimum absolute atomic E-state index is 0.103. The van der Waals surface area contributed by atoms with Crippen molar-refractivity contribution in [3.05, 3.63) is 41.2 Å². The van der Waals surface area contributed by atoms with Crippen LogP contribution in [0.15, 0.2) is 24.3 Å². The predicted molar refractivity (Wildman–Crippen MR) is 112 cm³/mol. The molecule has 28 heavy (non-hydrogen) atoms. The van der Waals surface area contributed by atoms with Crippen molar-refractivity contribution in [2.24, 2.45) is 0 Å². The largest absolute Gasteiger partial charge is 0.349 e. The lowest BCUT2D eigenvalue weighted by atomic mass is 10.1. The van der Waals surface area contributed by atoms with Gasteiger partial charge in [-0.25, -0.2) is 4.98 Å². The van der Waals surface area contributed by atoms with Crippen LogP contribution < -0.4 is 15.1 Å². The third-order valence-electron chi connectivity index (χ3n) is 5.83. The molecule has 2 aliphatic heterocycles. The number of hydrogen-bond acceptors (Lipinski definition) is 5. The number of benzene rings is 1. The molecule has 0 radical (unpaired) electrons. The van der Waals surface area contributed by atoms with E-state index in [1.807, 2.05) is 0 Å². The van der Waals surface area contributed by atoms with Gasteiger partial charge in [-0.3, -0.25) is 4.79 Å². The summed E-state index contributed by atoms with van der Waals surface area (Å²) >= 11 is 1.42. The third kappa shape index (κ3) is 4.70. The fourth-order valence-corrected chi connectivity index (χ4v) is 4.96. The van der Waals surface area contributed by atoms with Crippen molar-refractivity contribution in [2.75, 3.05) is 37.6 Å². The molecular formula is C21H30N5OS+. The number of hydrogen-bond donors (Lipinski definition) is 2. The summed E-state index contributed by atoms with van der Waals surface area (Å²) in [6.07, 6.45) is 5.31. The number of rotatable bonds is 7. The summed E-state index contributed by atoms with van der Waals surface area (Å²) in [5.74, 6) is 0.985. The molecule has 7 heteroatoms. The fourth-order valence-electron chi connectivity index (χ4n) is 4.20. The zero-order valence-corrected chi connectivity index (χ0v) is 17.4. The molecule has 1 aromatic carbocycles. The SMILES string of the molecule is Cc1ccc(Cc2nsc(N3CCC[C@H]3C(=O)NCC[NH+]3CCCC3)n2)cc1. The Morgan fingerprint density at radius 1 is 1.25 bits per heavy atom. The van der Waals surface area contributed by atoms with Crippen molar-refractivity contribution >= 4 is 22.6 Å². The number of nitrogens with one attached hydrogen (secondary N) is 2. The average molecular weight is 401 g/mol. The summed E-state index contributed by atoms with van der Waals surface area (Å²) < 4.78 is 4.54. The summed E-state index contributed by atoms with van der Waals surface area (Å²) in [5, 5.41) is 4.04. The van der Waals surface area contributed by atoms with Crippen molar-refractivity contribution in [1.29, 1.82) is 0 Å². The van der Waals surface area contributed by atoms with Gasteiger partial charge in [0.2, 0.25) is 11.0 Å². The number of aromatic nitrogens is 2. The Balaban J connectivity index is 1.33. The van der Waals surface area contributed by atoms with Gasteiger partial charge >= 0.3 is 0 Å². The molecule has 2 aromatic rings. The number of carbonyl (C=O) groups excluding carboxylic acids is 1. The zero-order valence-electron chi connectivity index (χ0n) is 16.6. The van der Waals surface area contributed by atoms with E-state index in [1.165, 1.54) is 48.6 Å². The van der Waals surface area contributed by atoms with E-state index >= 15 is 0 Å². The number of carbonyl (C=O) groups is 1. The second-order valence-corrected chi connectivity index (χ2v) is 8.74. The van der Waals surface area contributed by atoms with E-state index in [-0.39, 0.29) is 11.9 Å². The molecule has 0 aliphatic carbocycles. The van der Waals surface area contributed by atoms with E-state index in [9.17, 15) is 4.79 Å². The van der Waals surface area contributed by atoms with Crippen LogP contribution in [0.25, 0.3) is 0 Å². The summed E-state index contributed by atoms with van der Waals surface area (Å²) in [7, 11) is 0. The molecule has 6 nitrogen and oxygen atoms in total. The Bertz CT molecular complexity index is 784. The van der Waals surface area contributed by atoms with Crippen LogP contribution in [-0.2, 0) is 11.2 Å². The van der Waals surface area contributed by atoms with Crippen LogP contribution in [0.1, 0.15) is 42.6 Å². The summed E-state index contributed by atoms with van der Waals surface area (Å²) in [4.78, 5) is 21.2. The average Bonchev–Trinajstić information content (AvgIpc) is 3.45. The van der Waals surface area contributed by atoms with E-state index in [2.05, 4.69) is 45.8 Å². The first-order chi connectivity index (χ1) is 13.7. The lowest BCUT2D eigenvalue weighted by Gasteiger charge is -2.23. The topological polar surface area (TPSA) is 62.6 Å². The van der Waals surface area contributed by atoms with Crippen molar-refractivity contribution in [3.63, 3.8) is 0 Å². The zero-order chi connectivity index (χ0) is 19.3. The normalized spacial score (nSPS) is 20.0. The molecule has 1 atom stereocenters. The van der Waals surface area contributed by atoms with Gasteiger partial charge in [0.1, 0.15) is 11.9 Å². The highest BCUT2D eigenvalue weighted by Gasteiger charge is 2.33. The first-order valence-corrected chi connectivity index (χ1v) is 11.2. The maximum Gasteiger partial charge on any atom is 0.242 e. The third-order valence-corrected chi connectivity index (χ3v) is 6.62. The minimum Gasteiger partial charge on any atom is -0.349 e. The summed E-state index contributed by atoms with van der Waals surface area (Å²) in [6.45, 7) is 7.29. The second kappa shape index (κ2) is 9.01. The lowest BCUT2D eigenvalue weighted by molar-refractivity contribution is -0.886. The highest BCUT2D eigenvalue weighted by molar-refractivity contribution is 7.09.